The molecule has 0 aromatic heterocycles. The quantitative estimate of drug-likeness (QED) is 0.873. The molecule has 0 saturated carbocycles. The molecule has 1 aliphatic heterocycles. The van der Waals surface area contributed by atoms with Crippen molar-refractivity contribution in [1.82, 2.24) is 10.6 Å². The highest BCUT2D eigenvalue weighted by molar-refractivity contribution is 5.85. The third-order valence-electron chi connectivity index (χ3n) is 3.01. The lowest BCUT2D eigenvalue weighted by atomic mass is 10.1. The van der Waals surface area contributed by atoms with Crippen LogP contribution in [0.5, 0.6) is 0 Å². The second kappa shape index (κ2) is 9.71. The van der Waals surface area contributed by atoms with E-state index in [0.29, 0.717) is 18.8 Å². The number of halogens is 1. The van der Waals surface area contributed by atoms with Gasteiger partial charge in [0.25, 0.3) is 0 Å². The molecule has 2 N–H and O–H groups in total. The molecule has 5 heteroatoms. The summed E-state index contributed by atoms with van der Waals surface area (Å²) in [6, 6.07) is 6.00. The summed E-state index contributed by atoms with van der Waals surface area (Å²) in [5.41, 5.74) is 2.01. The van der Waals surface area contributed by atoms with Gasteiger partial charge in [0.2, 0.25) is 0 Å². The molecule has 0 fully saturated rings. The Morgan fingerprint density at radius 1 is 1.27 bits per heavy atom. The largest absolute Gasteiger partial charge is 0.337 e. The molecule has 0 bridgehead atoms. The molecule has 22 heavy (non-hydrogen) atoms. The maximum absolute atomic E-state index is 12.7. The van der Waals surface area contributed by atoms with E-state index in [1.54, 1.807) is 12.1 Å². The number of hydrogen-bond acceptors (Lipinski definition) is 2. The fourth-order valence-electron chi connectivity index (χ4n) is 1.94. The van der Waals surface area contributed by atoms with Crippen LogP contribution in [0.25, 0.3) is 0 Å². The van der Waals surface area contributed by atoms with Crippen LogP contribution in [0.2, 0.25) is 0 Å². The molecule has 2 rings (SSSR count). The second-order valence-electron chi connectivity index (χ2n) is 4.73. The molecule has 4 nitrogen and oxygen atoms in total. The summed E-state index contributed by atoms with van der Waals surface area (Å²) in [5.74, 6) is 0.352. The van der Waals surface area contributed by atoms with Crippen LogP contribution in [0, 0.1) is 5.82 Å². The van der Waals surface area contributed by atoms with E-state index in [-0.39, 0.29) is 11.8 Å². The van der Waals surface area contributed by atoms with E-state index in [4.69, 9.17) is 0 Å². The number of urea groups is 1. The minimum absolute atomic E-state index is 0.253. The molecule has 1 aliphatic rings. The highest BCUT2D eigenvalue weighted by Gasteiger charge is 2.06. The molecule has 0 spiro atoms. The van der Waals surface area contributed by atoms with E-state index in [1.165, 1.54) is 12.1 Å². The van der Waals surface area contributed by atoms with Gasteiger partial charge >= 0.3 is 6.03 Å². The van der Waals surface area contributed by atoms with E-state index >= 15 is 0 Å². The predicted octanol–water partition coefficient (Wildman–Crippen LogP) is 3.79. The zero-order valence-corrected chi connectivity index (χ0v) is 13.4. The summed E-state index contributed by atoms with van der Waals surface area (Å²) in [6.45, 7) is 6.44. The van der Waals surface area contributed by atoms with Gasteiger partial charge in [-0.1, -0.05) is 26.0 Å². The van der Waals surface area contributed by atoms with Gasteiger partial charge in [0.15, 0.2) is 0 Å². The molecule has 0 radical (unpaired) electrons. The molecular weight excluding hydrogens is 281 g/mol. The van der Waals surface area contributed by atoms with Gasteiger partial charge in [0.1, 0.15) is 11.6 Å². The van der Waals surface area contributed by atoms with Crippen LogP contribution >= 0.6 is 0 Å². The van der Waals surface area contributed by atoms with Gasteiger partial charge in [-0.3, -0.25) is 5.32 Å². The number of carbonyl (C=O) groups is 1. The molecule has 0 unspecified atom stereocenters. The lowest BCUT2D eigenvalue weighted by Gasteiger charge is -2.12. The third kappa shape index (κ3) is 6.52. The number of allylic oxidation sites excluding steroid dienone is 1. The topological polar surface area (TPSA) is 53.5 Å². The summed E-state index contributed by atoms with van der Waals surface area (Å²) in [5, 5.41) is 5.46. The minimum Gasteiger partial charge on any atom is -0.337 e. The van der Waals surface area contributed by atoms with Crippen LogP contribution < -0.4 is 10.6 Å². The summed E-state index contributed by atoms with van der Waals surface area (Å²) in [7, 11) is 0. The molecule has 0 saturated heterocycles. The molecule has 1 aromatic rings. The first-order chi connectivity index (χ1) is 10.6. The number of nitrogens with one attached hydrogen (secondary N) is 2. The first kappa shape index (κ1) is 17.9. The van der Waals surface area contributed by atoms with Crippen molar-refractivity contribution in [2.24, 2.45) is 4.99 Å². The van der Waals surface area contributed by atoms with Crippen LogP contribution in [-0.4, -0.2) is 18.3 Å². The number of nitrogens with zero attached hydrogens (tertiary/aromatic N) is 1. The SMILES string of the molecule is CC.CC1=NC(NC(=O)NCCc2ccc(F)cc2)=CCC1. The van der Waals surface area contributed by atoms with E-state index < -0.39 is 0 Å². The highest BCUT2D eigenvalue weighted by atomic mass is 19.1. The molecule has 0 atom stereocenters. The van der Waals surface area contributed by atoms with Crippen LogP contribution in [0.4, 0.5) is 9.18 Å². The first-order valence-corrected chi connectivity index (χ1v) is 7.67. The van der Waals surface area contributed by atoms with E-state index in [0.717, 1.165) is 24.1 Å². The summed E-state index contributed by atoms with van der Waals surface area (Å²) in [6.07, 6.45) is 4.42. The molecule has 2 amide bonds. The molecule has 120 valence electrons. The molecular formula is C17H24FN3O. The van der Waals surface area contributed by atoms with Crippen molar-refractivity contribution in [2.75, 3.05) is 6.54 Å². The fraction of sp³-hybridized carbons (Fsp3) is 0.412. The van der Waals surface area contributed by atoms with Crippen molar-refractivity contribution in [2.45, 2.75) is 40.0 Å². The Bertz CT molecular complexity index is 535. The lowest BCUT2D eigenvalue weighted by molar-refractivity contribution is 0.243. The van der Waals surface area contributed by atoms with Crippen molar-refractivity contribution in [3.8, 4) is 0 Å². The predicted molar refractivity (Wildman–Crippen MR) is 88.4 cm³/mol. The standard InChI is InChI=1S/C15H18FN3O.C2H6/c1-11-3-2-4-14(18-11)19-15(20)17-10-9-12-5-7-13(16)8-6-12;1-2/h4-8H,2-3,9-10H2,1H3,(H2,17,19,20);1-2H3. The Kier molecular flexibility index (Phi) is 7.89. The number of hydrogen-bond donors (Lipinski definition) is 2. The zero-order chi connectivity index (χ0) is 16.4. The van der Waals surface area contributed by atoms with Gasteiger partial charge in [-0.2, -0.15) is 0 Å². The van der Waals surface area contributed by atoms with E-state index in [1.807, 2.05) is 26.8 Å². The van der Waals surface area contributed by atoms with Crippen LogP contribution in [0.15, 0.2) is 41.2 Å². The number of aliphatic imine (C=N–C) groups is 1. The van der Waals surface area contributed by atoms with Gasteiger partial charge < -0.3 is 5.32 Å². The van der Waals surface area contributed by atoms with Crippen molar-refractivity contribution in [3.63, 3.8) is 0 Å². The number of amides is 2. The Morgan fingerprint density at radius 3 is 2.59 bits per heavy atom. The van der Waals surface area contributed by atoms with E-state index in [2.05, 4.69) is 15.6 Å². The smallest absolute Gasteiger partial charge is 0.320 e. The summed E-state index contributed by atoms with van der Waals surface area (Å²) >= 11 is 0. The summed E-state index contributed by atoms with van der Waals surface area (Å²) in [4.78, 5) is 15.9. The number of benzene rings is 1. The Hall–Kier alpha value is -2.17. The maximum Gasteiger partial charge on any atom is 0.320 e. The second-order valence-corrected chi connectivity index (χ2v) is 4.73. The van der Waals surface area contributed by atoms with Gasteiger partial charge in [-0.15, -0.1) is 0 Å². The average molecular weight is 305 g/mol. The van der Waals surface area contributed by atoms with Crippen molar-refractivity contribution >= 4 is 11.7 Å². The van der Waals surface area contributed by atoms with Crippen LogP contribution in [0.1, 0.15) is 39.2 Å². The molecule has 1 aromatic carbocycles. The Morgan fingerprint density at radius 2 is 1.95 bits per heavy atom. The molecule has 0 aliphatic carbocycles. The number of rotatable bonds is 4. The molecule has 1 heterocycles. The van der Waals surface area contributed by atoms with Crippen molar-refractivity contribution in [3.05, 3.63) is 47.5 Å². The first-order valence-electron chi connectivity index (χ1n) is 7.67. The van der Waals surface area contributed by atoms with Gasteiger partial charge in [0.05, 0.1) is 0 Å². The van der Waals surface area contributed by atoms with Crippen LogP contribution in [0.3, 0.4) is 0 Å². The average Bonchev–Trinajstić information content (AvgIpc) is 2.51. The highest BCUT2D eigenvalue weighted by Crippen LogP contribution is 2.07. The van der Waals surface area contributed by atoms with Crippen LogP contribution in [-0.2, 0) is 6.42 Å². The Labute approximate surface area is 131 Å². The van der Waals surface area contributed by atoms with Crippen molar-refractivity contribution < 1.29 is 9.18 Å². The number of carbonyl (C=O) groups excluding carboxylic acids is 1. The van der Waals surface area contributed by atoms with Gasteiger partial charge in [-0.05, 0) is 50.0 Å². The zero-order valence-electron chi connectivity index (χ0n) is 13.4. The third-order valence-corrected chi connectivity index (χ3v) is 3.01. The van der Waals surface area contributed by atoms with Gasteiger partial charge in [0, 0.05) is 12.3 Å². The normalized spacial score (nSPS) is 13.3. The monoisotopic (exact) mass is 305 g/mol. The Balaban J connectivity index is 0.00000116. The van der Waals surface area contributed by atoms with Crippen molar-refractivity contribution in [1.29, 1.82) is 0 Å². The van der Waals surface area contributed by atoms with Gasteiger partial charge in [-0.25, -0.2) is 14.2 Å². The maximum atomic E-state index is 12.7. The lowest BCUT2D eigenvalue weighted by Crippen LogP contribution is -2.36. The fourth-order valence-corrected chi connectivity index (χ4v) is 1.94. The summed E-state index contributed by atoms with van der Waals surface area (Å²) < 4.78 is 12.7. The minimum atomic E-state index is -0.267. The van der Waals surface area contributed by atoms with E-state index in [9.17, 15) is 9.18 Å².